The van der Waals surface area contributed by atoms with Gasteiger partial charge in [-0.25, -0.2) is 15.0 Å². The Labute approximate surface area is 227 Å². The lowest BCUT2D eigenvalue weighted by Crippen LogP contribution is -1.99. The molecule has 0 aliphatic heterocycles. The van der Waals surface area contributed by atoms with Gasteiger partial charge in [0, 0.05) is 72.2 Å². The van der Waals surface area contributed by atoms with Crippen molar-refractivity contribution in [3.8, 4) is 34.0 Å². The molecule has 5 nitrogen and oxygen atoms in total. The lowest BCUT2D eigenvalue weighted by atomic mass is 10.0. The predicted molar refractivity (Wildman–Crippen MR) is 160 cm³/mol. The first-order chi connectivity index (χ1) is 19.3. The first kappa shape index (κ1) is 22.0. The second kappa shape index (κ2) is 8.75. The number of aromatic nitrogens is 5. The largest absolute Gasteiger partial charge is 0.264 e. The van der Waals surface area contributed by atoms with Gasteiger partial charge in [-0.2, -0.15) is 0 Å². The van der Waals surface area contributed by atoms with E-state index in [9.17, 15) is 0 Å². The summed E-state index contributed by atoms with van der Waals surface area (Å²) in [5.74, 6) is 0.575. The molecular weight excluding hydrogens is 498 g/mol. The molecule has 8 rings (SSSR count). The van der Waals surface area contributed by atoms with Gasteiger partial charge in [0.05, 0.1) is 16.9 Å². The first-order valence-electron chi connectivity index (χ1n) is 12.7. The van der Waals surface area contributed by atoms with Crippen LogP contribution in [0.2, 0.25) is 0 Å². The molecule has 0 bridgehead atoms. The summed E-state index contributed by atoms with van der Waals surface area (Å²) in [4.78, 5) is 23.9. The highest BCUT2D eigenvalue weighted by Gasteiger charge is 2.19. The molecule has 0 aliphatic rings. The van der Waals surface area contributed by atoms with E-state index >= 15 is 0 Å². The molecule has 0 radical (unpaired) electrons. The zero-order chi connectivity index (χ0) is 25.8. The van der Waals surface area contributed by atoms with Gasteiger partial charge in [0.15, 0.2) is 5.82 Å². The lowest BCUT2D eigenvalue weighted by molar-refractivity contribution is 1.15. The van der Waals surface area contributed by atoms with Crippen molar-refractivity contribution in [3.63, 3.8) is 0 Å². The highest BCUT2D eigenvalue weighted by molar-refractivity contribution is 7.26. The van der Waals surface area contributed by atoms with E-state index in [1.165, 1.54) is 25.6 Å². The number of thiophene rings is 1. The molecule has 0 N–H and O–H groups in total. The summed E-state index contributed by atoms with van der Waals surface area (Å²) in [6.07, 6.45) is 7.18. The van der Waals surface area contributed by atoms with E-state index in [4.69, 9.17) is 15.0 Å². The van der Waals surface area contributed by atoms with Crippen LogP contribution in [0.25, 0.3) is 75.9 Å². The summed E-state index contributed by atoms with van der Waals surface area (Å²) in [7, 11) is 0. The standard InChI is InChI=1S/C33H19N5S/c1-3-11-26-24(10-1)30-25(14-13-23-22-9-2-4-12-29(22)39-32(23)30)31(36-26)33-37-27(20-7-5-15-34-18-20)17-28(38-33)21-8-6-16-35-19-21/h1-19H. The number of rotatable bonds is 3. The number of para-hydroxylation sites is 1. The highest BCUT2D eigenvalue weighted by atomic mass is 32.1. The van der Waals surface area contributed by atoms with Gasteiger partial charge >= 0.3 is 0 Å². The van der Waals surface area contributed by atoms with Gasteiger partial charge in [-0.15, -0.1) is 11.3 Å². The Morgan fingerprint density at radius 2 is 1.21 bits per heavy atom. The van der Waals surface area contributed by atoms with E-state index in [2.05, 4.69) is 64.6 Å². The topological polar surface area (TPSA) is 64.5 Å². The van der Waals surface area contributed by atoms with Crippen LogP contribution in [0.15, 0.2) is 116 Å². The molecule has 0 unspecified atom stereocenters. The fraction of sp³-hybridized carbons (Fsp3) is 0. The molecule has 39 heavy (non-hydrogen) atoms. The minimum atomic E-state index is 0.575. The van der Waals surface area contributed by atoms with Crippen LogP contribution in [-0.4, -0.2) is 24.9 Å². The summed E-state index contributed by atoms with van der Waals surface area (Å²) < 4.78 is 2.53. The normalized spacial score (nSPS) is 11.6. The van der Waals surface area contributed by atoms with Gasteiger partial charge in [0.2, 0.25) is 0 Å². The van der Waals surface area contributed by atoms with Crippen molar-refractivity contribution < 1.29 is 0 Å². The minimum Gasteiger partial charge on any atom is -0.264 e. The monoisotopic (exact) mass is 517 g/mol. The molecule has 8 aromatic rings. The number of hydrogen-bond donors (Lipinski definition) is 0. The third-order valence-corrected chi connectivity index (χ3v) is 8.26. The van der Waals surface area contributed by atoms with Crippen molar-refractivity contribution in [1.29, 1.82) is 0 Å². The van der Waals surface area contributed by atoms with Crippen LogP contribution in [0.5, 0.6) is 0 Å². The summed E-state index contributed by atoms with van der Waals surface area (Å²) in [5.41, 5.74) is 5.10. The molecule has 0 amide bonds. The van der Waals surface area contributed by atoms with Crippen molar-refractivity contribution >= 4 is 53.2 Å². The molecule has 6 heteroatoms. The van der Waals surface area contributed by atoms with Crippen LogP contribution >= 0.6 is 11.3 Å². The van der Waals surface area contributed by atoms with E-state index < -0.39 is 0 Å². The molecule has 0 aliphatic carbocycles. The van der Waals surface area contributed by atoms with Crippen molar-refractivity contribution in [2.24, 2.45) is 0 Å². The Balaban J connectivity index is 1.49. The SMILES string of the molecule is c1cncc(-c2cc(-c3cccnc3)nc(-c3nc4ccccc4c4c3ccc3c5ccccc5sc34)n2)c1. The van der Waals surface area contributed by atoms with Gasteiger partial charge in [-0.1, -0.05) is 48.5 Å². The zero-order valence-electron chi connectivity index (χ0n) is 20.6. The molecule has 5 heterocycles. The number of hydrogen-bond acceptors (Lipinski definition) is 6. The quantitative estimate of drug-likeness (QED) is 0.220. The molecule has 182 valence electrons. The van der Waals surface area contributed by atoms with Crippen molar-refractivity contribution in [2.45, 2.75) is 0 Å². The predicted octanol–water partition coefficient (Wildman–Crippen LogP) is 8.34. The molecule has 0 saturated carbocycles. The van der Waals surface area contributed by atoms with E-state index in [1.807, 2.05) is 60.1 Å². The van der Waals surface area contributed by atoms with Crippen LogP contribution in [0.1, 0.15) is 0 Å². The molecule has 0 atom stereocenters. The fourth-order valence-corrected chi connectivity index (χ4v) is 6.53. The van der Waals surface area contributed by atoms with Crippen LogP contribution in [0.4, 0.5) is 0 Å². The van der Waals surface area contributed by atoms with Gasteiger partial charge in [0.25, 0.3) is 0 Å². The van der Waals surface area contributed by atoms with Crippen molar-refractivity contribution in [2.75, 3.05) is 0 Å². The number of nitrogens with zero attached hydrogens (tertiary/aromatic N) is 5. The smallest absolute Gasteiger partial charge is 0.179 e. The number of pyridine rings is 3. The molecule has 5 aromatic heterocycles. The number of benzene rings is 3. The second-order valence-electron chi connectivity index (χ2n) is 9.39. The molecule has 0 saturated heterocycles. The Morgan fingerprint density at radius 3 is 1.92 bits per heavy atom. The fourth-order valence-electron chi connectivity index (χ4n) is 5.26. The van der Waals surface area contributed by atoms with Crippen LogP contribution in [-0.2, 0) is 0 Å². The van der Waals surface area contributed by atoms with E-state index in [0.717, 1.165) is 44.5 Å². The molecular formula is C33H19N5S. The van der Waals surface area contributed by atoms with E-state index in [0.29, 0.717) is 5.82 Å². The third kappa shape index (κ3) is 3.57. The Kier molecular flexibility index (Phi) is 4.93. The van der Waals surface area contributed by atoms with E-state index in [1.54, 1.807) is 12.4 Å². The average Bonchev–Trinajstić information content (AvgIpc) is 3.40. The van der Waals surface area contributed by atoms with Crippen molar-refractivity contribution in [1.82, 2.24) is 24.9 Å². The Morgan fingerprint density at radius 1 is 0.538 bits per heavy atom. The Hall–Kier alpha value is -5.07. The summed E-state index contributed by atoms with van der Waals surface area (Å²) in [6.45, 7) is 0. The second-order valence-corrected chi connectivity index (χ2v) is 10.4. The first-order valence-corrected chi connectivity index (χ1v) is 13.5. The van der Waals surface area contributed by atoms with E-state index in [-0.39, 0.29) is 0 Å². The summed E-state index contributed by atoms with van der Waals surface area (Å²) >= 11 is 1.82. The van der Waals surface area contributed by atoms with Crippen LogP contribution in [0.3, 0.4) is 0 Å². The molecule has 0 spiro atoms. The number of fused-ring (bicyclic) bond motifs is 7. The maximum Gasteiger partial charge on any atom is 0.179 e. The molecule has 3 aromatic carbocycles. The molecule has 0 fully saturated rings. The van der Waals surface area contributed by atoms with Crippen LogP contribution < -0.4 is 0 Å². The summed E-state index contributed by atoms with van der Waals surface area (Å²) in [6, 6.07) is 31.2. The lowest BCUT2D eigenvalue weighted by Gasteiger charge is -2.12. The maximum absolute atomic E-state index is 5.15. The van der Waals surface area contributed by atoms with Gasteiger partial charge in [-0.3, -0.25) is 9.97 Å². The van der Waals surface area contributed by atoms with Gasteiger partial charge < -0.3 is 0 Å². The highest BCUT2D eigenvalue weighted by Crippen LogP contribution is 2.43. The summed E-state index contributed by atoms with van der Waals surface area (Å²) in [5, 5.41) is 5.88. The van der Waals surface area contributed by atoms with Crippen molar-refractivity contribution in [3.05, 3.63) is 116 Å². The third-order valence-electron chi connectivity index (χ3n) is 7.06. The van der Waals surface area contributed by atoms with Gasteiger partial charge in [0.1, 0.15) is 5.69 Å². The minimum absolute atomic E-state index is 0.575. The average molecular weight is 518 g/mol. The van der Waals surface area contributed by atoms with Crippen LogP contribution in [0, 0.1) is 0 Å². The van der Waals surface area contributed by atoms with Gasteiger partial charge in [-0.05, 0) is 42.5 Å². The maximum atomic E-state index is 5.15. The Bertz CT molecular complexity index is 2120. The zero-order valence-corrected chi connectivity index (χ0v) is 21.4.